The predicted octanol–water partition coefficient (Wildman–Crippen LogP) is -1.72. The molecular formula is C6H5LiN2O. The molecule has 46 valence electrons. The summed E-state index contributed by atoms with van der Waals surface area (Å²) in [6, 6.07) is 4.89. The van der Waals surface area contributed by atoms with Crippen molar-refractivity contribution in [3.05, 3.63) is 35.8 Å². The molecule has 1 aromatic rings. The number of hydrogen-bond donors (Lipinski definition) is 0. The zero-order valence-electron chi connectivity index (χ0n) is 5.66. The van der Waals surface area contributed by atoms with Crippen LogP contribution in [0, 0.1) is 0 Å². The Morgan fingerprint density at radius 3 is 2.50 bits per heavy atom. The topological polar surface area (TPSA) is 53.8 Å². The first-order valence-corrected chi connectivity index (χ1v) is 2.47. The first-order chi connectivity index (χ1) is 4.30. The van der Waals surface area contributed by atoms with Crippen LogP contribution in [0.2, 0.25) is 0 Å². The van der Waals surface area contributed by atoms with Crippen molar-refractivity contribution in [1.82, 2.24) is 4.98 Å². The van der Waals surface area contributed by atoms with E-state index in [1.165, 1.54) is 12.3 Å². The number of hydrogen-bond acceptors (Lipinski definition) is 2. The van der Waals surface area contributed by atoms with Gasteiger partial charge >= 0.3 is 18.9 Å². The van der Waals surface area contributed by atoms with Crippen molar-refractivity contribution < 1.29 is 23.7 Å². The number of nitrogens with one attached hydrogen (secondary N) is 1. The van der Waals surface area contributed by atoms with Gasteiger partial charge in [-0.15, -0.1) is 0 Å². The first kappa shape index (κ1) is 9.22. The molecule has 1 heterocycles. The number of nitrogens with zero attached hydrogens (tertiary/aromatic N) is 1. The first-order valence-electron chi connectivity index (χ1n) is 2.47. The number of rotatable bonds is 1. The van der Waals surface area contributed by atoms with Gasteiger partial charge in [-0.05, 0) is 12.1 Å². The minimum atomic E-state index is -0.740. The maximum absolute atomic E-state index is 10.2. The SMILES string of the molecule is [Li+].[NH-]C(=O)c1ccccn1. The van der Waals surface area contributed by atoms with E-state index in [1.54, 1.807) is 12.1 Å². The van der Waals surface area contributed by atoms with Gasteiger partial charge in [-0.3, -0.25) is 4.98 Å². The largest absolute Gasteiger partial charge is 1.00 e. The third-order valence-electron chi connectivity index (χ3n) is 0.898. The molecule has 0 saturated heterocycles. The maximum Gasteiger partial charge on any atom is 1.00 e. The molecule has 0 saturated carbocycles. The molecule has 0 fully saturated rings. The van der Waals surface area contributed by atoms with Gasteiger partial charge in [0.25, 0.3) is 0 Å². The summed E-state index contributed by atoms with van der Waals surface area (Å²) in [5, 5.41) is 0. The normalized spacial score (nSPS) is 8.00. The van der Waals surface area contributed by atoms with E-state index in [0.29, 0.717) is 0 Å². The monoisotopic (exact) mass is 128 g/mol. The Morgan fingerprint density at radius 1 is 1.50 bits per heavy atom. The molecule has 0 aliphatic rings. The van der Waals surface area contributed by atoms with Gasteiger partial charge < -0.3 is 10.5 Å². The van der Waals surface area contributed by atoms with E-state index in [-0.39, 0.29) is 24.6 Å². The van der Waals surface area contributed by atoms with Crippen molar-refractivity contribution in [3.63, 3.8) is 0 Å². The van der Waals surface area contributed by atoms with Crippen molar-refractivity contribution in [2.24, 2.45) is 0 Å². The molecule has 4 heteroatoms. The Hall–Kier alpha value is -0.783. The van der Waals surface area contributed by atoms with Crippen LogP contribution in [0.15, 0.2) is 24.4 Å². The summed E-state index contributed by atoms with van der Waals surface area (Å²) in [6.07, 6.45) is 1.49. The van der Waals surface area contributed by atoms with Crippen LogP contribution in [0.1, 0.15) is 10.5 Å². The summed E-state index contributed by atoms with van der Waals surface area (Å²) in [6.45, 7) is 0. The van der Waals surface area contributed by atoms with Gasteiger partial charge in [-0.2, -0.15) is 0 Å². The van der Waals surface area contributed by atoms with Crippen molar-refractivity contribution in [2.75, 3.05) is 0 Å². The Kier molecular flexibility index (Phi) is 3.78. The molecule has 0 unspecified atom stereocenters. The average molecular weight is 128 g/mol. The van der Waals surface area contributed by atoms with Gasteiger partial charge in [0.15, 0.2) is 0 Å². The van der Waals surface area contributed by atoms with Gasteiger partial charge in [-0.25, -0.2) is 0 Å². The molecule has 0 aliphatic heterocycles. The van der Waals surface area contributed by atoms with E-state index in [2.05, 4.69) is 4.98 Å². The summed E-state index contributed by atoms with van der Waals surface area (Å²) >= 11 is 0. The molecule has 1 N–H and O–H groups in total. The molecule has 0 aromatic carbocycles. The number of amides is 1. The van der Waals surface area contributed by atoms with Crippen molar-refractivity contribution in [1.29, 1.82) is 0 Å². The third-order valence-corrected chi connectivity index (χ3v) is 0.898. The number of carbonyl (C=O) groups is 1. The van der Waals surface area contributed by atoms with E-state index in [9.17, 15) is 4.79 Å². The van der Waals surface area contributed by atoms with Crippen LogP contribution in [0.25, 0.3) is 5.73 Å². The maximum atomic E-state index is 10.2. The molecule has 1 amide bonds. The third kappa shape index (κ3) is 2.22. The smallest absolute Gasteiger partial charge is 0.662 e. The standard InChI is InChI=1S/C6H6N2O.Li/c7-6(9)5-3-1-2-4-8-5;/h1-4H,(H2,7,9);/q;+1/p-1. The van der Waals surface area contributed by atoms with Crippen LogP contribution in [0.4, 0.5) is 0 Å². The molecule has 0 aliphatic carbocycles. The quantitative estimate of drug-likeness (QED) is 0.422. The minimum Gasteiger partial charge on any atom is -0.662 e. The second-order valence-corrected chi connectivity index (χ2v) is 1.54. The number of pyridine rings is 1. The Morgan fingerprint density at radius 2 is 2.20 bits per heavy atom. The molecule has 0 spiro atoms. The van der Waals surface area contributed by atoms with E-state index >= 15 is 0 Å². The van der Waals surface area contributed by atoms with Crippen LogP contribution in [0.3, 0.4) is 0 Å². The number of aromatic nitrogens is 1. The summed E-state index contributed by atoms with van der Waals surface area (Å²) in [5.74, 6) is -0.740. The van der Waals surface area contributed by atoms with Gasteiger partial charge in [0.2, 0.25) is 0 Å². The summed E-state index contributed by atoms with van der Waals surface area (Å²) in [7, 11) is 0. The molecule has 1 rings (SSSR count). The molecule has 10 heavy (non-hydrogen) atoms. The second-order valence-electron chi connectivity index (χ2n) is 1.54. The molecule has 1 aromatic heterocycles. The van der Waals surface area contributed by atoms with E-state index in [1.807, 2.05) is 0 Å². The molecule has 0 bridgehead atoms. The van der Waals surface area contributed by atoms with Crippen LogP contribution in [0.5, 0.6) is 0 Å². The van der Waals surface area contributed by atoms with E-state index in [0.717, 1.165) is 0 Å². The second kappa shape index (κ2) is 4.10. The molecular weight excluding hydrogens is 123 g/mol. The van der Waals surface area contributed by atoms with Crippen LogP contribution < -0.4 is 18.9 Å². The molecule has 0 atom stereocenters. The summed E-state index contributed by atoms with van der Waals surface area (Å²) in [5.41, 5.74) is 6.81. The minimum absolute atomic E-state index is 0. The van der Waals surface area contributed by atoms with Crippen molar-refractivity contribution >= 4 is 5.91 Å². The van der Waals surface area contributed by atoms with E-state index < -0.39 is 5.91 Å². The van der Waals surface area contributed by atoms with Crippen molar-refractivity contribution in [2.45, 2.75) is 0 Å². The predicted molar refractivity (Wildman–Crippen MR) is 32.9 cm³/mol. The van der Waals surface area contributed by atoms with Gasteiger partial charge in [0.1, 0.15) is 0 Å². The summed E-state index contributed by atoms with van der Waals surface area (Å²) in [4.78, 5) is 13.9. The zero-order valence-corrected chi connectivity index (χ0v) is 5.66. The molecule has 3 nitrogen and oxygen atoms in total. The molecule has 0 radical (unpaired) electrons. The summed E-state index contributed by atoms with van der Waals surface area (Å²) < 4.78 is 0. The van der Waals surface area contributed by atoms with Crippen LogP contribution in [-0.4, -0.2) is 10.9 Å². The zero-order chi connectivity index (χ0) is 6.69. The van der Waals surface area contributed by atoms with Crippen LogP contribution in [-0.2, 0) is 0 Å². The fourth-order valence-electron chi connectivity index (χ4n) is 0.497. The van der Waals surface area contributed by atoms with Gasteiger partial charge in [0, 0.05) is 6.20 Å². The Labute approximate surface area is 70.8 Å². The Balaban J connectivity index is 0.000000810. The average Bonchev–Trinajstić information content (AvgIpc) is 1.90. The fourth-order valence-corrected chi connectivity index (χ4v) is 0.497. The number of carbonyl (C=O) groups excluding carboxylic acids is 1. The fraction of sp³-hybridized carbons (Fsp3) is 0. The van der Waals surface area contributed by atoms with Gasteiger partial charge in [0.05, 0.1) is 11.6 Å². The van der Waals surface area contributed by atoms with Crippen LogP contribution >= 0.6 is 0 Å². The van der Waals surface area contributed by atoms with Crippen molar-refractivity contribution in [3.8, 4) is 0 Å². The van der Waals surface area contributed by atoms with E-state index in [4.69, 9.17) is 5.73 Å². The Bertz CT molecular complexity index is 212. The van der Waals surface area contributed by atoms with Gasteiger partial charge in [-0.1, -0.05) is 6.07 Å².